The summed E-state index contributed by atoms with van der Waals surface area (Å²) >= 11 is 10.9. The van der Waals surface area contributed by atoms with Gasteiger partial charge in [-0.05, 0) is 54.0 Å². The Bertz CT molecular complexity index is 1500. The van der Waals surface area contributed by atoms with Crippen LogP contribution < -0.4 is 0 Å². The van der Waals surface area contributed by atoms with E-state index in [0.29, 0.717) is 22.4 Å². The Kier molecular flexibility index (Phi) is 8.28. The maximum atomic E-state index is 13.0. The average Bonchev–Trinajstić information content (AvgIpc) is 3.53. The molecule has 4 aromatic rings. The van der Waals surface area contributed by atoms with Crippen LogP contribution in [0.5, 0.6) is 5.75 Å². The van der Waals surface area contributed by atoms with Crippen LogP contribution in [0.1, 0.15) is 76.4 Å². The Balaban J connectivity index is 1.23. The van der Waals surface area contributed by atoms with Gasteiger partial charge in [0.25, 0.3) is 0 Å². The molecule has 1 aliphatic heterocycles. The van der Waals surface area contributed by atoms with Crippen molar-refractivity contribution < 1.29 is 9.90 Å². The predicted molar refractivity (Wildman–Crippen MR) is 171 cm³/mol. The Morgan fingerprint density at radius 2 is 1.70 bits per heavy atom. The van der Waals surface area contributed by atoms with E-state index in [4.69, 9.17) is 16.6 Å². The van der Waals surface area contributed by atoms with E-state index in [1.807, 2.05) is 23.1 Å². The summed E-state index contributed by atoms with van der Waals surface area (Å²) in [5.74, 6) is 1.30. The number of nitrogens with zero attached hydrogens (tertiary/aromatic N) is 3. The summed E-state index contributed by atoms with van der Waals surface area (Å²) in [6, 6.07) is 9.91. The number of phenolic OH excluding ortho intramolecular Hbond substituents is 1. The third kappa shape index (κ3) is 6.35. The van der Waals surface area contributed by atoms with Gasteiger partial charge in [-0.15, -0.1) is 22.7 Å². The van der Waals surface area contributed by atoms with Crippen LogP contribution >= 0.6 is 46.0 Å². The maximum Gasteiger partial charge on any atom is 0.233 e. The maximum absolute atomic E-state index is 13.0. The first-order valence-electron chi connectivity index (χ1n) is 13.6. The van der Waals surface area contributed by atoms with Crippen LogP contribution in [0.2, 0.25) is 5.02 Å². The molecule has 1 N–H and O–H groups in total. The molecule has 0 spiro atoms. The largest absolute Gasteiger partial charge is 0.507 e. The zero-order valence-corrected chi connectivity index (χ0v) is 27.1. The normalized spacial score (nSPS) is 15.2. The van der Waals surface area contributed by atoms with Crippen LogP contribution in [0.25, 0.3) is 21.5 Å². The standard InChI is InChI=1S/C31H36ClN3O2S3/c1-30(2,3)21-13-19(14-22(27(21)37)31(4,5)6)24-16-38-28(33-24)18-9-11-35(12-10-18)26(36)17-39-29-34-23-15-20(32)7-8-25(23)40-29/h7-8,13-16,18,37H,9-12,17H2,1-6H3. The van der Waals surface area contributed by atoms with Crippen LogP contribution in [-0.2, 0) is 15.6 Å². The van der Waals surface area contributed by atoms with Crippen LogP contribution in [0.4, 0.5) is 0 Å². The van der Waals surface area contributed by atoms with Gasteiger partial charge in [0.1, 0.15) is 5.75 Å². The summed E-state index contributed by atoms with van der Waals surface area (Å²) in [5.41, 5.74) is 4.43. The Hall–Kier alpha value is -2.13. The SMILES string of the molecule is CC(C)(C)c1cc(-c2csc(C3CCN(C(=O)CSc4nc5cc(Cl)ccc5s4)CC3)n2)cc(C(C)(C)C)c1O. The van der Waals surface area contributed by atoms with E-state index in [1.165, 1.54) is 11.8 Å². The number of benzene rings is 2. The first-order valence-corrected chi connectivity index (χ1v) is 16.7. The summed E-state index contributed by atoms with van der Waals surface area (Å²) in [6.07, 6.45) is 1.83. The van der Waals surface area contributed by atoms with E-state index >= 15 is 0 Å². The smallest absolute Gasteiger partial charge is 0.233 e. The number of halogens is 1. The summed E-state index contributed by atoms with van der Waals surface area (Å²) in [4.78, 5) is 24.6. The molecule has 1 saturated heterocycles. The molecule has 2 aromatic carbocycles. The molecule has 0 atom stereocenters. The van der Waals surface area contributed by atoms with Gasteiger partial charge in [0, 0.05) is 46.1 Å². The number of carbonyl (C=O) groups is 1. The highest BCUT2D eigenvalue weighted by Crippen LogP contribution is 2.43. The van der Waals surface area contributed by atoms with Gasteiger partial charge in [-0.1, -0.05) is 64.9 Å². The van der Waals surface area contributed by atoms with Gasteiger partial charge < -0.3 is 10.0 Å². The predicted octanol–water partition coefficient (Wildman–Crippen LogP) is 8.87. The quantitative estimate of drug-likeness (QED) is 0.228. The number of aromatic nitrogens is 2. The lowest BCUT2D eigenvalue weighted by atomic mass is 9.78. The fourth-order valence-electron chi connectivity index (χ4n) is 5.07. The number of likely N-dealkylation sites (tertiary alicyclic amines) is 1. The zero-order chi connectivity index (χ0) is 28.8. The summed E-state index contributed by atoms with van der Waals surface area (Å²) in [6.45, 7) is 14.3. The third-order valence-electron chi connectivity index (χ3n) is 7.39. The summed E-state index contributed by atoms with van der Waals surface area (Å²) in [7, 11) is 0. The van der Waals surface area contributed by atoms with Gasteiger partial charge >= 0.3 is 0 Å². The summed E-state index contributed by atoms with van der Waals surface area (Å²) < 4.78 is 1.98. The minimum Gasteiger partial charge on any atom is -0.507 e. The fraction of sp³-hybridized carbons (Fsp3) is 0.452. The Labute approximate surface area is 254 Å². The molecule has 5 rings (SSSR count). The van der Waals surface area contributed by atoms with Crippen molar-refractivity contribution in [2.24, 2.45) is 0 Å². The van der Waals surface area contributed by atoms with Crippen LogP contribution in [-0.4, -0.2) is 44.7 Å². The molecule has 2 aromatic heterocycles. The minimum atomic E-state index is -0.183. The topological polar surface area (TPSA) is 66.3 Å². The number of carbonyl (C=O) groups excluding carboxylic acids is 1. The van der Waals surface area contributed by atoms with Gasteiger partial charge in [0.05, 0.1) is 26.7 Å². The number of phenols is 1. The second kappa shape index (κ2) is 11.3. The molecule has 40 heavy (non-hydrogen) atoms. The lowest BCUT2D eigenvalue weighted by Gasteiger charge is -2.31. The van der Waals surface area contributed by atoms with Crippen molar-refractivity contribution in [3.05, 3.63) is 56.9 Å². The molecule has 1 fully saturated rings. The first kappa shape index (κ1) is 29.4. The van der Waals surface area contributed by atoms with Crippen molar-refractivity contribution in [3.63, 3.8) is 0 Å². The Morgan fingerprint density at radius 3 is 2.33 bits per heavy atom. The first-order chi connectivity index (χ1) is 18.8. The van der Waals surface area contributed by atoms with Crippen LogP contribution in [0.15, 0.2) is 40.1 Å². The van der Waals surface area contributed by atoms with Gasteiger partial charge in [-0.25, -0.2) is 9.97 Å². The molecule has 1 aliphatic rings. The number of aromatic hydroxyl groups is 1. The van der Waals surface area contributed by atoms with Crippen molar-refractivity contribution >= 4 is 62.2 Å². The van der Waals surface area contributed by atoms with Crippen molar-refractivity contribution in [3.8, 4) is 17.0 Å². The highest BCUT2D eigenvalue weighted by atomic mass is 35.5. The molecule has 0 saturated carbocycles. The monoisotopic (exact) mass is 613 g/mol. The molecule has 0 bridgehead atoms. The van der Waals surface area contributed by atoms with E-state index in [9.17, 15) is 9.90 Å². The molecule has 3 heterocycles. The number of amides is 1. The van der Waals surface area contributed by atoms with Crippen molar-refractivity contribution in [2.45, 2.75) is 75.5 Å². The second-order valence-corrected chi connectivity index (χ2v) is 16.1. The molecular weight excluding hydrogens is 578 g/mol. The van der Waals surface area contributed by atoms with E-state index in [-0.39, 0.29) is 16.7 Å². The lowest BCUT2D eigenvalue weighted by molar-refractivity contribution is -0.129. The number of thioether (sulfide) groups is 1. The second-order valence-electron chi connectivity index (χ2n) is 12.5. The lowest BCUT2D eigenvalue weighted by Crippen LogP contribution is -2.38. The molecule has 0 aliphatic carbocycles. The zero-order valence-electron chi connectivity index (χ0n) is 23.9. The molecule has 5 nitrogen and oxygen atoms in total. The van der Waals surface area contributed by atoms with Gasteiger partial charge in [0.15, 0.2) is 4.34 Å². The van der Waals surface area contributed by atoms with E-state index < -0.39 is 0 Å². The highest BCUT2D eigenvalue weighted by Gasteiger charge is 2.29. The molecule has 0 unspecified atom stereocenters. The van der Waals surface area contributed by atoms with Crippen molar-refractivity contribution in [1.82, 2.24) is 14.9 Å². The number of hydrogen-bond acceptors (Lipinski definition) is 7. The highest BCUT2D eigenvalue weighted by molar-refractivity contribution is 8.01. The van der Waals surface area contributed by atoms with Crippen molar-refractivity contribution in [1.29, 1.82) is 0 Å². The number of rotatable bonds is 5. The fourth-order valence-corrected chi connectivity index (χ4v) is 8.18. The molecule has 1 amide bonds. The van der Waals surface area contributed by atoms with E-state index in [1.54, 1.807) is 22.7 Å². The van der Waals surface area contributed by atoms with Crippen molar-refractivity contribution in [2.75, 3.05) is 18.8 Å². The van der Waals surface area contributed by atoms with Gasteiger partial charge in [-0.3, -0.25) is 4.79 Å². The van der Waals surface area contributed by atoms with Gasteiger partial charge in [-0.2, -0.15) is 0 Å². The third-order valence-corrected chi connectivity index (χ3v) is 10.8. The van der Waals surface area contributed by atoms with Crippen LogP contribution in [0.3, 0.4) is 0 Å². The number of piperidine rings is 1. The Morgan fingerprint density at radius 1 is 1.05 bits per heavy atom. The number of thiazole rings is 2. The van der Waals surface area contributed by atoms with Crippen LogP contribution in [0, 0.1) is 0 Å². The number of fused-ring (bicyclic) bond motifs is 1. The number of hydrogen-bond donors (Lipinski definition) is 1. The van der Waals surface area contributed by atoms with E-state index in [2.05, 4.69) is 64.0 Å². The summed E-state index contributed by atoms with van der Waals surface area (Å²) in [5, 5.41) is 15.0. The molecule has 212 valence electrons. The van der Waals surface area contributed by atoms with Gasteiger partial charge in [0.2, 0.25) is 5.91 Å². The average molecular weight is 614 g/mol. The molecule has 0 radical (unpaired) electrons. The molecule has 9 heteroatoms. The van der Waals surface area contributed by atoms with E-state index in [0.717, 1.165) is 67.9 Å². The minimum absolute atomic E-state index is 0.161. The molecular formula is C31H36ClN3O2S3.